The van der Waals surface area contributed by atoms with E-state index in [1.54, 1.807) is 6.07 Å². The molecule has 2 N–H and O–H groups in total. The van der Waals surface area contributed by atoms with Gasteiger partial charge in [-0.25, -0.2) is 0 Å². The van der Waals surface area contributed by atoms with Crippen molar-refractivity contribution in [3.63, 3.8) is 0 Å². The summed E-state index contributed by atoms with van der Waals surface area (Å²) in [6.45, 7) is 6.63. The van der Waals surface area contributed by atoms with Crippen LogP contribution in [0.1, 0.15) is 0 Å². The van der Waals surface area contributed by atoms with E-state index in [2.05, 4.69) is 19.6 Å². The van der Waals surface area contributed by atoms with Crippen molar-refractivity contribution >= 4 is 25.8 Å². The van der Waals surface area contributed by atoms with Crippen molar-refractivity contribution in [2.45, 2.75) is 19.6 Å². The molecule has 0 saturated heterocycles. The summed E-state index contributed by atoms with van der Waals surface area (Å²) in [6, 6.07) is 5.62. The molecule has 1 aromatic carbocycles. The lowest BCUT2D eigenvalue weighted by atomic mass is 9.79. The fraction of sp³-hybridized carbons (Fsp3) is 0.400. The van der Waals surface area contributed by atoms with Crippen molar-refractivity contribution in [3.8, 4) is 5.75 Å². The maximum absolute atomic E-state index is 9.22. The van der Waals surface area contributed by atoms with Crippen LogP contribution in [-0.4, -0.2) is 32.4 Å². The lowest BCUT2D eigenvalue weighted by Crippen LogP contribution is -2.42. The molecule has 82 valence electrons. The van der Waals surface area contributed by atoms with Crippen molar-refractivity contribution in [3.05, 3.63) is 18.2 Å². The smallest absolute Gasteiger partial charge is 0.492 e. The van der Waals surface area contributed by atoms with Crippen molar-refractivity contribution in [1.82, 2.24) is 0 Å². The average molecular weight is 224 g/mol. The summed E-state index contributed by atoms with van der Waals surface area (Å²) in [5.41, 5.74) is 0.442. The Morgan fingerprint density at radius 2 is 1.80 bits per heavy atom. The molecular weight excluding hydrogens is 207 g/mol. The predicted molar refractivity (Wildman–Crippen MR) is 65.8 cm³/mol. The molecule has 0 fully saturated rings. The van der Waals surface area contributed by atoms with Gasteiger partial charge in [0.2, 0.25) is 0 Å². The highest BCUT2D eigenvalue weighted by Crippen LogP contribution is 2.08. The molecule has 0 aliphatic carbocycles. The minimum Gasteiger partial charge on any atom is -0.497 e. The summed E-state index contributed by atoms with van der Waals surface area (Å²) in [6.07, 6.45) is 0. The van der Waals surface area contributed by atoms with Gasteiger partial charge in [0.25, 0.3) is 0 Å². The minimum absolute atomic E-state index is 0.442. The largest absolute Gasteiger partial charge is 0.497 e. The zero-order valence-corrected chi connectivity index (χ0v) is 10.6. The normalized spacial score (nSPS) is 11.3. The standard InChI is InChI=1S/C10H17BO3Si/c1-14-10-6-5-8(15(2,3)4)7-9(10)11(12)13/h5-7,12-13H,1-4H3. The monoisotopic (exact) mass is 224 g/mol. The summed E-state index contributed by atoms with van der Waals surface area (Å²) in [7, 11) is -1.38. The van der Waals surface area contributed by atoms with Crippen LogP contribution in [0.25, 0.3) is 0 Å². The third-order valence-electron chi connectivity index (χ3n) is 2.37. The molecule has 0 heterocycles. The molecule has 5 heteroatoms. The van der Waals surface area contributed by atoms with Gasteiger partial charge in [-0.1, -0.05) is 37.0 Å². The molecule has 0 amide bonds. The van der Waals surface area contributed by atoms with Gasteiger partial charge in [-0.2, -0.15) is 0 Å². The van der Waals surface area contributed by atoms with Gasteiger partial charge in [0.1, 0.15) is 5.75 Å². The Morgan fingerprint density at radius 1 is 1.20 bits per heavy atom. The Labute approximate surface area is 91.9 Å². The summed E-state index contributed by atoms with van der Waals surface area (Å²) in [5.74, 6) is 0.520. The highest BCUT2D eigenvalue weighted by Gasteiger charge is 2.22. The Bertz CT molecular complexity index is 347. The third kappa shape index (κ3) is 2.84. The van der Waals surface area contributed by atoms with E-state index in [4.69, 9.17) is 4.74 Å². The highest BCUT2D eigenvalue weighted by molar-refractivity contribution is 6.89. The molecule has 0 aromatic heterocycles. The van der Waals surface area contributed by atoms with Gasteiger partial charge in [0.05, 0.1) is 15.2 Å². The number of rotatable bonds is 3. The maximum Gasteiger partial charge on any atom is 0.492 e. The summed E-state index contributed by atoms with van der Waals surface area (Å²) >= 11 is 0. The van der Waals surface area contributed by atoms with Crippen LogP contribution >= 0.6 is 0 Å². The Balaban J connectivity index is 3.22. The van der Waals surface area contributed by atoms with E-state index < -0.39 is 15.2 Å². The third-order valence-corrected chi connectivity index (χ3v) is 4.42. The number of benzene rings is 1. The fourth-order valence-corrected chi connectivity index (χ4v) is 2.57. The van der Waals surface area contributed by atoms with Gasteiger partial charge in [-0.05, 0) is 6.07 Å². The lowest BCUT2D eigenvalue weighted by Gasteiger charge is -2.19. The van der Waals surface area contributed by atoms with Gasteiger partial charge < -0.3 is 14.8 Å². The van der Waals surface area contributed by atoms with E-state index >= 15 is 0 Å². The highest BCUT2D eigenvalue weighted by atomic mass is 28.3. The molecule has 0 aliphatic heterocycles. The van der Waals surface area contributed by atoms with Crippen LogP contribution in [-0.2, 0) is 0 Å². The van der Waals surface area contributed by atoms with Crippen LogP contribution in [0.3, 0.4) is 0 Å². The molecule has 1 aromatic rings. The van der Waals surface area contributed by atoms with Crippen molar-refractivity contribution in [2.75, 3.05) is 7.11 Å². The van der Waals surface area contributed by atoms with E-state index in [1.165, 1.54) is 12.3 Å². The first-order chi connectivity index (χ1) is 6.86. The summed E-state index contributed by atoms with van der Waals surface area (Å²) < 4.78 is 5.07. The SMILES string of the molecule is COc1ccc([Si](C)(C)C)cc1B(O)O. The van der Waals surface area contributed by atoms with Crippen LogP contribution in [0.2, 0.25) is 19.6 Å². The van der Waals surface area contributed by atoms with E-state index in [0.717, 1.165) is 0 Å². The Kier molecular flexibility index (Phi) is 3.59. The van der Waals surface area contributed by atoms with Gasteiger partial charge in [-0.3, -0.25) is 0 Å². The number of hydrogen-bond donors (Lipinski definition) is 2. The number of hydrogen-bond acceptors (Lipinski definition) is 3. The van der Waals surface area contributed by atoms with Gasteiger partial charge in [0.15, 0.2) is 0 Å². The molecular formula is C10H17BO3Si. The molecule has 1 rings (SSSR count). The van der Waals surface area contributed by atoms with E-state index in [9.17, 15) is 10.0 Å². The molecule has 0 unspecified atom stereocenters. The quantitative estimate of drug-likeness (QED) is 0.706. The molecule has 0 bridgehead atoms. The molecule has 0 saturated carbocycles. The molecule has 0 aliphatic rings. The zero-order valence-electron chi connectivity index (χ0n) is 9.61. The first kappa shape index (κ1) is 12.3. The second-order valence-electron chi connectivity index (χ2n) is 4.58. The van der Waals surface area contributed by atoms with Crippen molar-refractivity contribution in [1.29, 1.82) is 0 Å². The first-order valence-electron chi connectivity index (χ1n) is 4.91. The minimum atomic E-state index is -1.48. The number of methoxy groups -OCH3 is 1. The van der Waals surface area contributed by atoms with Crippen molar-refractivity contribution in [2.24, 2.45) is 0 Å². The zero-order chi connectivity index (χ0) is 11.6. The second kappa shape index (κ2) is 4.39. The fourth-order valence-electron chi connectivity index (χ4n) is 1.40. The Morgan fingerprint density at radius 3 is 2.20 bits per heavy atom. The Hall–Kier alpha value is -0.778. The van der Waals surface area contributed by atoms with Crippen LogP contribution in [0.4, 0.5) is 0 Å². The topological polar surface area (TPSA) is 49.7 Å². The van der Waals surface area contributed by atoms with Gasteiger partial charge in [-0.15, -0.1) is 0 Å². The number of ether oxygens (including phenoxy) is 1. The molecule has 3 nitrogen and oxygen atoms in total. The van der Waals surface area contributed by atoms with E-state index in [1.807, 2.05) is 12.1 Å². The van der Waals surface area contributed by atoms with E-state index in [-0.39, 0.29) is 0 Å². The lowest BCUT2D eigenvalue weighted by molar-refractivity contribution is 0.403. The summed E-state index contributed by atoms with van der Waals surface area (Å²) in [5, 5.41) is 19.6. The predicted octanol–water partition coefficient (Wildman–Crippen LogP) is -0.0798. The summed E-state index contributed by atoms with van der Waals surface area (Å²) in [4.78, 5) is 0. The molecule has 0 radical (unpaired) electrons. The van der Waals surface area contributed by atoms with E-state index in [0.29, 0.717) is 11.2 Å². The van der Waals surface area contributed by atoms with Crippen LogP contribution in [0.15, 0.2) is 18.2 Å². The maximum atomic E-state index is 9.22. The first-order valence-corrected chi connectivity index (χ1v) is 8.41. The second-order valence-corrected chi connectivity index (χ2v) is 9.66. The molecule has 15 heavy (non-hydrogen) atoms. The van der Waals surface area contributed by atoms with Gasteiger partial charge >= 0.3 is 7.12 Å². The molecule has 0 spiro atoms. The average Bonchev–Trinajstić information content (AvgIpc) is 2.15. The van der Waals surface area contributed by atoms with Crippen molar-refractivity contribution < 1.29 is 14.8 Å². The van der Waals surface area contributed by atoms with Crippen LogP contribution in [0.5, 0.6) is 5.75 Å². The van der Waals surface area contributed by atoms with Crippen LogP contribution < -0.4 is 15.4 Å². The van der Waals surface area contributed by atoms with Gasteiger partial charge in [0, 0.05) is 5.46 Å². The van der Waals surface area contributed by atoms with Crippen LogP contribution in [0, 0.1) is 0 Å². The molecule has 0 atom stereocenters.